The summed E-state index contributed by atoms with van der Waals surface area (Å²) in [4.78, 5) is 14.7. The van der Waals surface area contributed by atoms with Crippen molar-refractivity contribution in [2.24, 2.45) is 5.92 Å². The van der Waals surface area contributed by atoms with Crippen LogP contribution >= 0.6 is 0 Å². The molecule has 0 bridgehead atoms. The van der Waals surface area contributed by atoms with Crippen LogP contribution in [0.3, 0.4) is 0 Å². The van der Waals surface area contributed by atoms with Crippen molar-refractivity contribution in [1.82, 2.24) is 4.90 Å². The first-order valence-corrected chi connectivity index (χ1v) is 9.94. The molecule has 2 atom stereocenters. The van der Waals surface area contributed by atoms with Crippen molar-refractivity contribution < 1.29 is 13.2 Å². The van der Waals surface area contributed by atoms with Gasteiger partial charge in [0.25, 0.3) is 0 Å². The Hall–Kier alpha value is -1.36. The van der Waals surface area contributed by atoms with Crippen LogP contribution in [0.15, 0.2) is 30.3 Å². The summed E-state index contributed by atoms with van der Waals surface area (Å²) in [6.07, 6.45) is 2.24. The van der Waals surface area contributed by atoms with E-state index in [2.05, 4.69) is 0 Å². The van der Waals surface area contributed by atoms with Crippen LogP contribution in [0.5, 0.6) is 0 Å². The molecule has 1 saturated carbocycles. The highest BCUT2D eigenvalue weighted by Crippen LogP contribution is 2.33. The van der Waals surface area contributed by atoms with E-state index in [1.54, 1.807) is 18.7 Å². The topological polar surface area (TPSA) is 54.5 Å². The average molecular weight is 337 g/mol. The van der Waals surface area contributed by atoms with Gasteiger partial charge in [-0.25, -0.2) is 8.42 Å². The molecule has 1 aliphatic rings. The maximum absolute atomic E-state index is 12.9. The van der Waals surface area contributed by atoms with Crippen LogP contribution in [0.1, 0.15) is 52.1 Å². The smallest absolute Gasteiger partial charge is 0.241 e. The summed E-state index contributed by atoms with van der Waals surface area (Å²) >= 11 is 0. The molecule has 2 unspecified atom stereocenters. The van der Waals surface area contributed by atoms with Crippen molar-refractivity contribution in [2.45, 2.75) is 57.1 Å². The third kappa shape index (κ3) is 4.14. The van der Waals surface area contributed by atoms with Crippen LogP contribution in [-0.4, -0.2) is 36.3 Å². The normalized spacial score (nSPS) is 17.8. The number of hydrogen-bond acceptors (Lipinski definition) is 3. The fourth-order valence-corrected chi connectivity index (χ4v) is 3.94. The van der Waals surface area contributed by atoms with Crippen LogP contribution in [-0.2, 0) is 14.6 Å². The Balaban J connectivity index is 2.25. The van der Waals surface area contributed by atoms with Crippen molar-refractivity contribution in [3.05, 3.63) is 35.9 Å². The Kier molecular flexibility index (Phi) is 5.50. The quantitative estimate of drug-likeness (QED) is 0.768. The lowest BCUT2D eigenvalue weighted by atomic mass is 10.1. The van der Waals surface area contributed by atoms with E-state index in [1.165, 1.54) is 6.92 Å². The predicted molar refractivity (Wildman–Crippen MR) is 92.8 cm³/mol. The van der Waals surface area contributed by atoms with Crippen molar-refractivity contribution in [2.75, 3.05) is 6.54 Å². The molecule has 1 fully saturated rings. The van der Waals surface area contributed by atoms with Crippen LogP contribution in [0.25, 0.3) is 0 Å². The molecule has 1 aliphatic carbocycles. The average Bonchev–Trinajstić information content (AvgIpc) is 3.35. The summed E-state index contributed by atoms with van der Waals surface area (Å²) < 4.78 is 24.8. The second kappa shape index (κ2) is 7.04. The van der Waals surface area contributed by atoms with Crippen molar-refractivity contribution in [3.63, 3.8) is 0 Å². The lowest BCUT2D eigenvalue weighted by Crippen LogP contribution is -2.45. The van der Waals surface area contributed by atoms with Gasteiger partial charge in [0.2, 0.25) is 5.91 Å². The van der Waals surface area contributed by atoms with E-state index in [1.807, 2.05) is 37.3 Å². The van der Waals surface area contributed by atoms with Crippen molar-refractivity contribution in [1.29, 1.82) is 0 Å². The molecule has 128 valence electrons. The number of hydrogen-bond donors (Lipinski definition) is 0. The van der Waals surface area contributed by atoms with E-state index >= 15 is 0 Å². The second-order valence-electron chi connectivity index (χ2n) is 6.80. The minimum absolute atomic E-state index is 0.117. The van der Waals surface area contributed by atoms with Crippen LogP contribution in [0.2, 0.25) is 0 Å². The molecular formula is C18H27NO3S. The number of benzene rings is 1. The van der Waals surface area contributed by atoms with Gasteiger partial charge in [0.05, 0.1) is 11.3 Å². The second-order valence-corrected chi connectivity index (χ2v) is 9.63. The number of carbonyl (C=O) groups is 1. The van der Waals surface area contributed by atoms with E-state index in [0.717, 1.165) is 18.4 Å². The van der Waals surface area contributed by atoms with E-state index in [9.17, 15) is 13.2 Å². The Morgan fingerprint density at radius 2 is 1.70 bits per heavy atom. The van der Waals surface area contributed by atoms with Gasteiger partial charge in [-0.1, -0.05) is 30.3 Å². The van der Waals surface area contributed by atoms with Crippen molar-refractivity contribution >= 4 is 15.7 Å². The molecule has 1 aromatic rings. The Bertz CT molecular complexity index is 635. The maximum Gasteiger partial charge on any atom is 0.241 e. The first-order valence-electron chi connectivity index (χ1n) is 8.33. The molecule has 0 aliphatic heterocycles. The van der Waals surface area contributed by atoms with Crippen molar-refractivity contribution in [3.8, 4) is 0 Å². The summed E-state index contributed by atoms with van der Waals surface area (Å²) in [6.45, 7) is 7.41. The molecule has 0 radical (unpaired) electrons. The summed E-state index contributed by atoms with van der Waals surface area (Å²) in [5, 5.41) is -1.54. The molecule has 2 rings (SSSR count). The monoisotopic (exact) mass is 337 g/mol. The molecule has 1 aromatic carbocycles. The molecule has 0 N–H and O–H groups in total. The molecule has 0 spiro atoms. The third-order valence-electron chi connectivity index (χ3n) is 4.68. The number of rotatable bonds is 7. The molecule has 0 saturated heterocycles. The number of carbonyl (C=O) groups excluding carboxylic acids is 1. The predicted octanol–water partition coefficient (Wildman–Crippen LogP) is 3.20. The van der Waals surface area contributed by atoms with Gasteiger partial charge < -0.3 is 4.90 Å². The Labute approximate surface area is 139 Å². The highest BCUT2D eigenvalue weighted by molar-refractivity contribution is 7.93. The van der Waals surface area contributed by atoms with Crippen LogP contribution in [0, 0.1) is 5.92 Å². The van der Waals surface area contributed by atoms with E-state index in [4.69, 9.17) is 0 Å². The molecule has 1 amide bonds. The summed E-state index contributed by atoms with van der Waals surface area (Å²) in [6, 6.07) is 9.68. The van der Waals surface area contributed by atoms with E-state index in [-0.39, 0.29) is 11.9 Å². The van der Waals surface area contributed by atoms with Crippen LogP contribution < -0.4 is 0 Å². The highest BCUT2D eigenvalue weighted by Gasteiger charge is 2.37. The molecular weight excluding hydrogens is 310 g/mol. The zero-order valence-corrected chi connectivity index (χ0v) is 15.2. The van der Waals surface area contributed by atoms with Gasteiger partial charge in [0.15, 0.2) is 9.84 Å². The summed E-state index contributed by atoms with van der Waals surface area (Å²) in [5.41, 5.74) is 1.04. The summed E-state index contributed by atoms with van der Waals surface area (Å²) in [5.74, 6) is 0.237. The van der Waals surface area contributed by atoms with E-state index in [0.29, 0.717) is 12.5 Å². The molecule has 23 heavy (non-hydrogen) atoms. The Morgan fingerprint density at radius 1 is 1.13 bits per heavy atom. The maximum atomic E-state index is 12.9. The number of nitrogens with zero attached hydrogens (tertiary/aromatic N) is 1. The van der Waals surface area contributed by atoms with Gasteiger partial charge in [-0.05, 0) is 52.0 Å². The molecule has 0 heterocycles. The highest BCUT2D eigenvalue weighted by atomic mass is 32.2. The minimum Gasteiger partial charge on any atom is -0.335 e. The van der Waals surface area contributed by atoms with Gasteiger partial charge in [-0.2, -0.15) is 0 Å². The first kappa shape index (κ1) is 18.0. The fourth-order valence-electron chi connectivity index (χ4n) is 2.71. The lowest BCUT2D eigenvalue weighted by Gasteiger charge is -2.32. The third-order valence-corrected chi connectivity index (χ3v) is 7.18. The Morgan fingerprint density at radius 3 is 2.17 bits per heavy atom. The zero-order valence-electron chi connectivity index (χ0n) is 14.4. The summed E-state index contributed by atoms with van der Waals surface area (Å²) in [7, 11) is -3.44. The SMILES string of the molecule is CC(c1ccccc1)N(CC1CC1)C(=O)C(C)S(=O)(=O)C(C)C. The minimum atomic E-state index is -3.44. The number of amides is 1. The van der Waals surface area contributed by atoms with Crippen LogP contribution in [0.4, 0.5) is 0 Å². The van der Waals surface area contributed by atoms with Gasteiger partial charge in [-0.3, -0.25) is 4.79 Å². The number of sulfone groups is 1. The van der Waals surface area contributed by atoms with Gasteiger partial charge in [0.1, 0.15) is 5.25 Å². The van der Waals surface area contributed by atoms with E-state index < -0.39 is 20.3 Å². The standard InChI is InChI=1S/C18H27NO3S/c1-13(2)23(21,22)15(4)18(20)19(12-16-10-11-16)14(3)17-8-6-5-7-9-17/h5-9,13-16H,10-12H2,1-4H3. The zero-order chi connectivity index (χ0) is 17.2. The molecule has 0 aromatic heterocycles. The lowest BCUT2D eigenvalue weighted by molar-refractivity contribution is -0.132. The molecule has 5 heteroatoms. The first-order chi connectivity index (χ1) is 10.7. The van der Waals surface area contributed by atoms with Gasteiger partial charge in [0, 0.05) is 6.54 Å². The fraction of sp³-hybridized carbons (Fsp3) is 0.611. The van der Waals surface area contributed by atoms with Gasteiger partial charge >= 0.3 is 0 Å². The largest absolute Gasteiger partial charge is 0.335 e. The van der Waals surface area contributed by atoms with Gasteiger partial charge in [-0.15, -0.1) is 0 Å². The molecule has 4 nitrogen and oxygen atoms in total.